The molecule has 0 spiro atoms. The number of para-hydroxylation sites is 3. The molecule has 0 aliphatic heterocycles. The number of hydrogen-bond donors (Lipinski definition) is 1. The van der Waals surface area contributed by atoms with Gasteiger partial charge < -0.3 is 10.0 Å². The predicted molar refractivity (Wildman–Crippen MR) is 94.8 cm³/mol. The summed E-state index contributed by atoms with van der Waals surface area (Å²) < 4.78 is 31.7. The smallest absolute Gasteiger partial charge is 0.475 e. The quantitative estimate of drug-likeness (QED) is 0.643. The van der Waals surface area contributed by atoms with Crippen molar-refractivity contribution in [3.8, 4) is 0 Å². The maximum Gasteiger partial charge on any atom is 0.490 e. The van der Waals surface area contributed by atoms with Crippen LogP contribution in [0.15, 0.2) is 91.0 Å². The second-order valence-corrected chi connectivity index (χ2v) is 5.14. The van der Waals surface area contributed by atoms with Gasteiger partial charge in [-0.05, 0) is 36.4 Å². The number of alkyl halides is 3. The van der Waals surface area contributed by atoms with Gasteiger partial charge in [0.2, 0.25) is 0 Å². The van der Waals surface area contributed by atoms with E-state index in [1.165, 1.54) is 17.1 Å². The molecule has 3 aromatic rings. The molecule has 0 saturated carbocycles. The SMILES string of the molecule is O=C(O)C(F)(F)F.c1ccc(N(c2ccccc2)c2ccccc2)cc1. The Labute approximate surface area is 148 Å². The molecule has 0 unspecified atom stereocenters. The van der Waals surface area contributed by atoms with Crippen LogP contribution in [0.4, 0.5) is 30.2 Å². The average Bonchev–Trinajstić information content (AvgIpc) is 2.64. The minimum Gasteiger partial charge on any atom is -0.475 e. The zero-order chi connectivity index (χ0) is 19.0. The zero-order valence-corrected chi connectivity index (χ0v) is 13.6. The van der Waals surface area contributed by atoms with Gasteiger partial charge in [-0.2, -0.15) is 13.2 Å². The highest BCUT2D eigenvalue weighted by Gasteiger charge is 2.38. The van der Waals surface area contributed by atoms with Crippen molar-refractivity contribution in [2.75, 3.05) is 4.90 Å². The van der Waals surface area contributed by atoms with E-state index in [0.29, 0.717) is 0 Å². The second-order valence-electron chi connectivity index (χ2n) is 5.14. The third kappa shape index (κ3) is 5.37. The van der Waals surface area contributed by atoms with Crippen molar-refractivity contribution in [1.82, 2.24) is 0 Å². The highest BCUT2D eigenvalue weighted by atomic mass is 19.4. The van der Waals surface area contributed by atoms with E-state index in [1.807, 2.05) is 18.2 Å². The number of carboxylic acid groups (broad SMARTS) is 1. The molecular weight excluding hydrogens is 343 g/mol. The first kappa shape index (κ1) is 19.1. The number of carboxylic acids is 1. The van der Waals surface area contributed by atoms with Gasteiger partial charge in [-0.25, -0.2) is 4.79 Å². The Bertz CT molecular complexity index is 713. The van der Waals surface area contributed by atoms with E-state index in [-0.39, 0.29) is 0 Å². The molecule has 0 saturated heterocycles. The van der Waals surface area contributed by atoms with Crippen LogP contribution in [-0.4, -0.2) is 17.3 Å². The standard InChI is InChI=1S/C18H15N.C2HF3O2/c1-4-10-16(11-5-1)19(17-12-6-2-7-13-17)18-14-8-3-9-15-18;3-2(4,5)1(6)7/h1-15H;(H,6,7). The first-order valence-electron chi connectivity index (χ1n) is 7.65. The van der Waals surface area contributed by atoms with Crippen molar-refractivity contribution in [3.63, 3.8) is 0 Å². The lowest BCUT2D eigenvalue weighted by Gasteiger charge is -2.25. The summed E-state index contributed by atoms with van der Waals surface area (Å²) in [4.78, 5) is 11.1. The Kier molecular flexibility index (Phi) is 6.38. The molecule has 3 rings (SSSR count). The first-order chi connectivity index (χ1) is 12.4. The molecule has 3 nitrogen and oxygen atoms in total. The molecule has 0 atom stereocenters. The van der Waals surface area contributed by atoms with E-state index in [9.17, 15) is 13.2 Å². The lowest BCUT2D eigenvalue weighted by atomic mass is 10.2. The normalized spacial score (nSPS) is 10.4. The maximum atomic E-state index is 10.6. The van der Waals surface area contributed by atoms with Crippen molar-refractivity contribution in [3.05, 3.63) is 91.0 Å². The fourth-order valence-corrected chi connectivity index (χ4v) is 2.18. The van der Waals surface area contributed by atoms with Crippen LogP contribution < -0.4 is 4.90 Å². The number of benzene rings is 3. The number of carbonyl (C=O) groups is 1. The van der Waals surface area contributed by atoms with Gasteiger partial charge in [0.1, 0.15) is 0 Å². The first-order valence-corrected chi connectivity index (χ1v) is 7.65. The third-order valence-electron chi connectivity index (χ3n) is 3.29. The van der Waals surface area contributed by atoms with Gasteiger partial charge in [-0.15, -0.1) is 0 Å². The van der Waals surface area contributed by atoms with Gasteiger partial charge in [0.25, 0.3) is 0 Å². The summed E-state index contributed by atoms with van der Waals surface area (Å²) in [6.45, 7) is 0. The number of aliphatic carboxylic acids is 1. The fourth-order valence-electron chi connectivity index (χ4n) is 2.18. The molecule has 0 aliphatic carbocycles. The van der Waals surface area contributed by atoms with E-state index >= 15 is 0 Å². The van der Waals surface area contributed by atoms with Crippen LogP contribution >= 0.6 is 0 Å². The summed E-state index contributed by atoms with van der Waals surface area (Å²) in [5.41, 5.74) is 3.50. The van der Waals surface area contributed by atoms with E-state index in [2.05, 4.69) is 77.7 Å². The minimum atomic E-state index is -5.08. The monoisotopic (exact) mass is 359 g/mol. The third-order valence-corrected chi connectivity index (χ3v) is 3.29. The van der Waals surface area contributed by atoms with Gasteiger partial charge in [0, 0.05) is 17.1 Å². The lowest BCUT2D eigenvalue weighted by molar-refractivity contribution is -0.192. The van der Waals surface area contributed by atoms with E-state index in [4.69, 9.17) is 9.90 Å². The molecule has 0 amide bonds. The van der Waals surface area contributed by atoms with Gasteiger partial charge in [-0.1, -0.05) is 54.6 Å². The Hall–Kier alpha value is -3.28. The van der Waals surface area contributed by atoms with Crippen LogP contribution in [0.3, 0.4) is 0 Å². The molecule has 1 N–H and O–H groups in total. The fraction of sp³-hybridized carbons (Fsp3) is 0.0500. The number of nitrogens with zero attached hydrogens (tertiary/aromatic N) is 1. The Morgan fingerprint density at radius 2 is 0.885 bits per heavy atom. The summed E-state index contributed by atoms with van der Waals surface area (Å²) in [6.07, 6.45) is -5.08. The Morgan fingerprint density at radius 1 is 0.654 bits per heavy atom. The summed E-state index contributed by atoms with van der Waals surface area (Å²) in [5, 5.41) is 7.12. The van der Waals surface area contributed by atoms with Crippen LogP contribution in [-0.2, 0) is 4.79 Å². The molecule has 26 heavy (non-hydrogen) atoms. The number of anilines is 3. The highest BCUT2D eigenvalue weighted by Crippen LogP contribution is 2.33. The molecule has 6 heteroatoms. The van der Waals surface area contributed by atoms with E-state index in [1.54, 1.807) is 0 Å². The van der Waals surface area contributed by atoms with Crippen LogP contribution in [0, 0.1) is 0 Å². The van der Waals surface area contributed by atoms with Crippen LogP contribution in [0.2, 0.25) is 0 Å². The van der Waals surface area contributed by atoms with Gasteiger partial charge in [-0.3, -0.25) is 0 Å². The molecule has 0 aliphatic rings. The van der Waals surface area contributed by atoms with Crippen molar-refractivity contribution in [2.24, 2.45) is 0 Å². The molecule has 134 valence electrons. The van der Waals surface area contributed by atoms with Crippen molar-refractivity contribution < 1.29 is 23.1 Å². The Balaban J connectivity index is 0.000000298. The Morgan fingerprint density at radius 3 is 1.08 bits per heavy atom. The topological polar surface area (TPSA) is 40.5 Å². The number of rotatable bonds is 3. The summed E-state index contributed by atoms with van der Waals surface area (Å²) in [5.74, 6) is -2.76. The molecule has 0 radical (unpaired) electrons. The van der Waals surface area contributed by atoms with Gasteiger partial charge in [0.05, 0.1) is 0 Å². The van der Waals surface area contributed by atoms with E-state index in [0.717, 1.165) is 0 Å². The van der Waals surface area contributed by atoms with Crippen LogP contribution in [0.25, 0.3) is 0 Å². The lowest BCUT2D eigenvalue weighted by Crippen LogP contribution is -2.21. The summed E-state index contributed by atoms with van der Waals surface area (Å²) >= 11 is 0. The molecule has 3 aromatic carbocycles. The molecule has 0 fully saturated rings. The predicted octanol–water partition coefficient (Wildman–Crippen LogP) is 5.79. The van der Waals surface area contributed by atoms with Crippen LogP contribution in [0.1, 0.15) is 0 Å². The summed E-state index contributed by atoms with van der Waals surface area (Å²) in [6, 6.07) is 31.3. The maximum absolute atomic E-state index is 10.6. The minimum absolute atomic E-state index is 1.17. The molecule has 0 aromatic heterocycles. The highest BCUT2D eigenvalue weighted by molar-refractivity contribution is 5.76. The van der Waals surface area contributed by atoms with Gasteiger partial charge >= 0.3 is 12.1 Å². The van der Waals surface area contributed by atoms with Gasteiger partial charge in [0.15, 0.2) is 0 Å². The van der Waals surface area contributed by atoms with Crippen molar-refractivity contribution in [1.29, 1.82) is 0 Å². The largest absolute Gasteiger partial charge is 0.490 e. The molecule has 0 bridgehead atoms. The van der Waals surface area contributed by atoms with Crippen LogP contribution in [0.5, 0.6) is 0 Å². The zero-order valence-electron chi connectivity index (χ0n) is 13.6. The second kappa shape index (κ2) is 8.71. The van der Waals surface area contributed by atoms with Crippen molar-refractivity contribution in [2.45, 2.75) is 6.18 Å². The average molecular weight is 359 g/mol. The number of hydrogen-bond acceptors (Lipinski definition) is 2. The van der Waals surface area contributed by atoms with E-state index < -0.39 is 12.1 Å². The molecule has 0 heterocycles. The van der Waals surface area contributed by atoms with Crippen molar-refractivity contribution >= 4 is 23.0 Å². The summed E-state index contributed by atoms with van der Waals surface area (Å²) in [7, 11) is 0. The molecular formula is C20H16F3NO2. The number of halogens is 3.